The summed E-state index contributed by atoms with van der Waals surface area (Å²) in [6.07, 6.45) is 1.72. The maximum Gasteiger partial charge on any atom is 0.267 e. The molecule has 4 rings (SSSR count). The van der Waals surface area contributed by atoms with E-state index in [9.17, 15) is 9.59 Å². The highest BCUT2D eigenvalue weighted by Gasteiger charge is 2.17. The molecule has 0 saturated carbocycles. The van der Waals surface area contributed by atoms with Gasteiger partial charge in [-0.05, 0) is 26.0 Å². The standard InChI is InChI=1S/C20H18N6O3/c1-11-7-13(25-29-11)9-26-10-18(12(2)24-26)23-20(28)15-8-17(19(21)27)22-16-6-4-3-5-14(15)16/h3-8,10H,9H2,1-2H3,(H2,21,27)(H,23,28). The Morgan fingerprint density at radius 1 is 1.21 bits per heavy atom. The number of para-hydroxylation sites is 1. The SMILES string of the molecule is Cc1cc(Cn2cc(NC(=O)c3cc(C(N)=O)nc4ccccc34)c(C)n2)no1. The molecular weight excluding hydrogens is 372 g/mol. The largest absolute Gasteiger partial charge is 0.364 e. The zero-order chi connectivity index (χ0) is 20.5. The van der Waals surface area contributed by atoms with Crippen LogP contribution in [0.4, 0.5) is 5.69 Å². The topological polar surface area (TPSA) is 129 Å². The van der Waals surface area contributed by atoms with Crippen LogP contribution in [0.1, 0.15) is 38.0 Å². The van der Waals surface area contributed by atoms with Crippen LogP contribution in [0.15, 0.2) is 47.1 Å². The van der Waals surface area contributed by atoms with Crippen molar-refractivity contribution in [3.63, 3.8) is 0 Å². The van der Waals surface area contributed by atoms with Gasteiger partial charge in [0.25, 0.3) is 11.8 Å². The number of amides is 2. The van der Waals surface area contributed by atoms with E-state index in [-0.39, 0.29) is 11.6 Å². The predicted octanol–water partition coefficient (Wildman–Crippen LogP) is 2.44. The van der Waals surface area contributed by atoms with Gasteiger partial charge in [-0.15, -0.1) is 0 Å². The van der Waals surface area contributed by atoms with Crippen LogP contribution in [0, 0.1) is 13.8 Å². The Labute approximate surface area is 165 Å². The highest BCUT2D eigenvalue weighted by atomic mass is 16.5. The normalized spacial score (nSPS) is 11.0. The zero-order valence-electron chi connectivity index (χ0n) is 15.8. The maximum atomic E-state index is 13.0. The monoisotopic (exact) mass is 390 g/mol. The number of primary amides is 1. The molecule has 0 atom stereocenters. The first-order chi connectivity index (χ1) is 13.9. The Morgan fingerprint density at radius 2 is 2.00 bits per heavy atom. The van der Waals surface area contributed by atoms with Crippen LogP contribution in [0.5, 0.6) is 0 Å². The Morgan fingerprint density at radius 3 is 2.72 bits per heavy atom. The van der Waals surface area contributed by atoms with Crippen molar-refractivity contribution in [2.75, 3.05) is 5.32 Å². The van der Waals surface area contributed by atoms with Crippen molar-refractivity contribution in [3.05, 3.63) is 71.0 Å². The zero-order valence-corrected chi connectivity index (χ0v) is 15.8. The molecule has 29 heavy (non-hydrogen) atoms. The summed E-state index contributed by atoms with van der Waals surface area (Å²) < 4.78 is 6.73. The minimum Gasteiger partial charge on any atom is -0.364 e. The van der Waals surface area contributed by atoms with E-state index in [2.05, 4.69) is 20.6 Å². The van der Waals surface area contributed by atoms with Gasteiger partial charge < -0.3 is 15.6 Å². The maximum absolute atomic E-state index is 13.0. The third-order valence-electron chi connectivity index (χ3n) is 4.41. The second-order valence-electron chi connectivity index (χ2n) is 6.65. The third-order valence-corrected chi connectivity index (χ3v) is 4.41. The summed E-state index contributed by atoms with van der Waals surface area (Å²) in [4.78, 5) is 28.8. The summed E-state index contributed by atoms with van der Waals surface area (Å²) >= 11 is 0. The number of fused-ring (bicyclic) bond motifs is 1. The Kier molecular flexibility index (Phi) is 4.55. The lowest BCUT2D eigenvalue weighted by Crippen LogP contribution is -2.17. The molecule has 0 fully saturated rings. The van der Waals surface area contributed by atoms with Gasteiger partial charge in [0.1, 0.15) is 17.1 Å². The Balaban J connectivity index is 1.64. The number of hydrogen-bond donors (Lipinski definition) is 2. The van der Waals surface area contributed by atoms with Crippen LogP contribution in [-0.2, 0) is 6.54 Å². The second kappa shape index (κ2) is 7.19. The lowest BCUT2D eigenvalue weighted by Gasteiger charge is -2.08. The summed E-state index contributed by atoms with van der Waals surface area (Å²) in [7, 11) is 0. The van der Waals surface area contributed by atoms with Gasteiger partial charge >= 0.3 is 0 Å². The quantitative estimate of drug-likeness (QED) is 0.538. The first-order valence-electron chi connectivity index (χ1n) is 8.88. The number of nitrogens with two attached hydrogens (primary N) is 1. The van der Waals surface area contributed by atoms with Gasteiger partial charge in [0.15, 0.2) is 0 Å². The lowest BCUT2D eigenvalue weighted by atomic mass is 10.1. The number of rotatable bonds is 5. The number of carbonyl (C=O) groups is 2. The van der Waals surface area contributed by atoms with E-state index < -0.39 is 5.91 Å². The minimum absolute atomic E-state index is 0.0302. The molecule has 0 radical (unpaired) electrons. The number of nitrogens with one attached hydrogen (secondary N) is 1. The Bertz CT molecular complexity index is 1240. The first-order valence-corrected chi connectivity index (χ1v) is 8.88. The van der Waals surface area contributed by atoms with Crippen LogP contribution in [0.3, 0.4) is 0 Å². The van der Waals surface area contributed by atoms with Crippen molar-refractivity contribution in [2.24, 2.45) is 5.73 Å². The van der Waals surface area contributed by atoms with E-state index in [1.54, 1.807) is 42.1 Å². The van der Waals surface area contributed by atoms with Crippen molar-refractivity contribution in [1.82, 2.24) is 19.9 Å². The average Bonchev–Trinajstić information content (AvgIpc) is 3.25. The average molecular weight is 390 g/mol. The molecule has 146 valence electrons. The number of pyridine rings is 1. The molecule has 0 aliphatic heterocycles. The number of aryl methyl sites for hydroxylation is 2. The molecule has 4 aromatic rings. The molecule has 0 unspecified atom stereocenters. The van der Waals surface area contributed by atoms with Crippen molar-refractivity contribution >= 4 is 28.4 Å². The van der Waals surface area contributed by atoms with Gasteiger partial charge in [-0.2, -0.15) is 5.10 Å². The van der Waals surface area contributed by atoms with Gasteiger partial charge in [-0.25, -0.2) is 4.98 Å². The van der Waals surface area contributed by atoms with Crippen molar-refractivity contribution in [2.45, 2.75) is 20.4 Å². The molecule has 0 saturated heterocycles. The first kappa shape index (κ1) is 18.4. The molecule has 9 heteroatoms. The van der Waals surface area contributed by atoms with E-state index in [0.717, 1.165) is 5.69 Å². The molecule has 0 aliphatic carbocycles. The van der Waals surface area contributed by atoms with Crippen molar-refractivity contribution in [1.29, 1.82) is 0 Å². The summed E-state index contributed by atoms with van der Waals surface area (Å²) in [6.45, 7) is 4.02. The van der Waals surface area contributed by atoms with Gasteiger partial charge in [-0.3, -0.25) is 14.3 Å². The number of benzene rings is 1. The third kappa shape index (κ3) is 3.70. The van der Waals surface area contributed by atoms with E-state index in [1.165, 1.54) is 6.07 Å². The van der Waals surface area contributed by atoms with E-state index in [1.807, 2.05) is 13.0 Å². The van der Waals surface area contributed by atoms with Gasteiger partial charge in [0, 0.05) is 17.6 Å². The number of carbonyl (C=O) groups excluding carboxylic acids is 2. The van der Waals surface area contributed by atoms with Gasteiger partial charge in [-0.1, -0.05) is 23.4 Å². The molecule has 0 bridgehead atoms. The van der Waals surface area contributed by atoms with Crippen LogP contribution >= 0.6 is 0 Å². The van der Waals surface area contributed by atoms with Crippen LogP contribution < -0.4 is 11.1 Å². The van der Waals surface area contributed by atoms with Crippen molar-refractivity contribution in [3.8, 4) is 0 Å². The molecular formula is C20H18N6O3. The van der Waals surface area contributed by atoms with E-state index >= 15 is 0 Å². The molecule has 3 aromatic heterocycles. The summed E-state index contributed by atoms with van der Waals surface area (Å²) in [5.41, 5.74) is 8.15. The molecule has 9 nitrogen and oxygen atoms in total. The van der Waals surface area contributed by atoms with Crippen LogP contribution in [0.25, 0.3) is 10.9 Å². The molecule has 0 spiro atoms. The highest BCUT2D eigenvalue weighted by molar-refractivity contribution is 6.13. The molecule has 3 heterocycles. The number of anilines is 1. The fraction of sp³-hybridized carbons (Fsp3) is 0.150. The fourth-order valence-corrected chi connectivity index (χ4v) is 3.06. The summed E-state index contributed by atoms with van der Waals surface area (Å²) in [5.74, 6) is -0.366. The smallest absolute Gasteiger partial charge is 0.267 e. The minimum atomic E-state index is -0.697. The molecule has 2 amide bonds. The highest BCUT2D eigenvalue weighted by Crippen LogP contribution is 2.21. The Hall–Kier alpha value is -4.01. The summed E-state index contributed by atoms with van der Waals surface area (Å²) in [5, 5.41) is 11.8. The van der Waals surface area contributed by atoms with Crippen molar-refractivity contribution < 1.29 is 14.1 Å². The number of nitrogens with zero attached hydrogens (tertiary/aromatic N) is 4. The van der Waals surface area contributed by atoms with Gasteiger partial charge in [0.05, 0.1) is 29.0 Å². The number of aromatic nitrogens is 4. The number of hydrogen-bond acceptors (Lipinski definition) is 6. The second-order valence-corrected chi connectivity index (χ2v) is 6.65. The van der Waals surface area contributed by atoms with Crippen LogP contribution in [0.2, 0.25) is 0 Å². The molecule has 1 aromatic carbocycles. The van der Waals surface area contributed by atoms with Gasteiger partial charge in [0.2, 0.25) is 0 Å². The molecule has 3 N–H and O–H groups in total. The summed E-state index contributed by atoms with van der Waals surface area (Å²) in [6, 6.07) is 10.3. The lowest BCUT2D eigenvalue weighted by molar-refractivity contribution is 0.0996. The molecule has 0 aliphatic rings. The predicted molar refractivity (Wildman–Crippen MR) is 106 cm³/mol. The van der Waals surface area contributed by atoms with Crippen LogP contribution in [-0.4, -0.2) is 31.7 Å². The fourth-order valence-electron chi connectivity index (χ4n) is 3.06. The van der Waals surface area contributed by atoms with E-state index in [4.69, 9.17) is 10.3 Å². The van der Waals surface area contributed by atoms with E-state index in [0.29, 0.717) is 40.2 Å².